The predicted molar refractivity (Wildman–Crippen MR) is 238 cm³/mol. The summed E-state index contributed by atoms with van der Waals surface area (Å²) in [6.45, 7) is 6.38. The maximum Gasteiger partial charge on any atom is 0.306 e. The Morgan fingerprint density at radius 1 is 0.375 bits per heavy atom. The Labute approximate surface area is 344 Å². The minimum atomic E-state index is -0.801. The van der Waals surface area contributed by atoms with E-state index in [1.165, 1.54) is 70.6 Å². The average molecular weight is 781 g/mol. The zero-order chi connectivity index (χ0) is 40.8. The van der Waals surface area contributed by atoms with E-state index in [2.05, 4.69) is 69.4 Å². The summed E-state index contributed by atoms with van der Waals surface area (Å²) in [5.41, 5.74) is 0. The summed E-state index contributed by atoms with van der Waals surface area (Å²) in [4.78, 5) is 37.7. The average Bonchev–Trinajstić information content (AvgIpc) is 3.19. The Hall–Kier alpha value is -3.15. The Bertz CT molecular complexity index is 1080. The molecule has 0 heterocycles. The van der Waals surface area contributed by atoms with Crippen molar-refractivity contribution < 1.29 is 28.6 Å². The summed E-state index contributed by atoms with van der Waals surface area (Å²) < 4.78 is 16.6. The molecule has 0 aliphatic rings. The third kappa shape index (κ3) is 42.0. The molecule has 6 heteroatoms. The summed E-state index contributed by atoms with van der Waals surface area (Å²) in [6, 6.07) is 0. The van der Waals surface area contributed by atoms with E-state index < -0.39 is 6.10 Å². The van der Waals surface area contributed by atoms with E-state index in [0.717, 1.165) is 89.9 Å². The third-order valence-electron chi connectivity index (χ3n) is 9.51. The first kappa shape index (κ1) is 52.9. The first-order valence-electron chi connectivity index (χ1n) is 23.0. The zero-order valence-corrected chi connectivity index (χ0v) is 36.4. The molecular weight excluding hydrogens is 697 g/mol. The summed E-state index contributed by atoms with van der Waals surface area (Å²) >= 11 is 0. The molecule has 320 valence electrons. The predicted octanol–water partition coefficient (Wildman–Crippen LogP) is 14.7. The number of hydrogen-bond donors (Lipinski definition) is 0. The van der Waals surface area contributed by atoms with Gasteiger partial charge in [0.05, 0.1) is 0 Å². The fraction of sp³-hybridized carbons (Fsp3) is 0.700. The maximum absolute atomic E-state index is 12.7. The lowest BCUT2D eigenvalue weighted by atomic mass is 10.1. The van der Waals surface area contributed by atoms with Crippen LogP contribution in [0.1, 0.15) is 207 Å². The summed E-state index contributed by atoms with van der Waals surface area (Å²) in [5.74, 6) is -0.982. The van der Waals surface area contributed by atoms with Gasteiger partial charge in [0, 0.05) is 19.3 Å². The molecule has 1 unspecified atom stereocenters. The third-order valence-corrected chi connectivity index (χ3v) is 9.51. The summed E-state index contributed by atoms with van der Waals surface area (Å²) in [6.07, 6.45) is 54.6. The number of unbranched alkanes of at least 4 members (excludes halogenated alkanes) is 20. The molecule has 0 aromatic rings. The van der Waals surface area contributed by atoms with E-state index in [-0.39, 0.29) is 31.1 Å². The van der Waals surface area contributed by atoms with Crippen LogP contribution in [0.25, 0.3) is 0 Å². The maximum atomic E-state index is 12.7. The molecule has 0 aliphatic heterocycles. The first-order valence-corrected chi connectivity index (χ1v) is 23.0. The molecule has 0 spiro atoms. The molecule has 0 amide bonds. The molecule has 0 rings (SSSR count). The SMILES string of the molecule is CC\C=C/C=C\C=C/C=C\CCCCCCCC(=O)OCC(COC(=O)CCC/C=C\CCCCCC)OC(=O)CCCCC/C=C\CCCCCCCCC. The Morgan fingerprint density at radius 2 is 0.732 bits per heavy atom. The fourth-order valence-electron chi connectivity index (χ4n) is 6.04. The molecule has 0 saturated carbocycles. The van der Waals surface area contributed by atoms with Crippen LogP contribution >= 0.6 is 0 Å². The van der Waals surface area contributed by atoms with Gasteiger partial charge in [-0.2, -0.15) is 0 Å². The van der Waals surface area contributed by atoms with E-state index >= 15 is 0 Å². The lowest BCUT2D eigenvalue weighted by Crippen LogP contribution is -2.30. The van der Waals surface area contributed by atoms with Gasteiger partial charge >= 0.3 is 17.9 Å². The highest BCUT2D eigenvalue weighted by Crippen LogP contribution is 2.12. The van der Waals surface area contributed by atoms with Crippen molar-refractivity contribution >= 4 is 17.9 Å². The van der Waals surface area contributed by atoms with Gasteiger partial charge < -0.3 is 14.2 Å². The van der Waals surface area contributed by atoms with Gasteiger partial charge in [-0.3, -0.25) is 14.4 Å². The van der Waals surface area contributed by atoms with Crippen LogP contribution in [0.3, 0.4) is 0 Å². The molecule has 0 N–H and O–H groups in total. The molecule has 56 heavy (non-hydrogen) atoms. The van der Waals surface area contributed by atoms with Crippen molar-refractivity contribution in [3.8, 4) is 0 Å². The van der Waals surface area contributed by atoms with Gasteiger partial charge in [0.2, 0.25) is 0 Å². The number of rotatable bonds is 40. The van der Waals surface area contributed by atoms with E-state index in [0.29, 0.717) is 25.7 Å². The number of hydrogen-bond acceptors (Lipinski definition) is 6. The van der Waals surface area contributed by atoms with Crippen LogP contribution in [0.4, 0.5) is 0 Å². The zero-order valence-electron chi connectivity index (χ0n) is 36.4. The largest absolute Gasteiger partial charge is 0.462 e. The molecule has 0 fully saturated rings. The normalized spacial score (nSPS) is 12.7. The van der Waals surface area contributed by atoms with Crippen LogP contribution in [-0.2, 0) is 28.6 Å². The molecule has 6 nitrogen and oxygen atoms in total. The van der Waals surface area contributed by atoms with E-state index in [4.69, 9.17) is 14.2 Å². The van der Waals surface area contributed by atoms with Crippen molar-refractivity contribution in [1.29, 1.82) is 0 Å². The first-order chi connectivity index (χ1) is 27.5. The van der Waals surface area contributed by atoms with E-state index in [9.17, 15) is 14.4 Å². The van der Waals surface area contributed by atoms with Crippen LogP contribution in [0.15, 0.2) is 72.9 Å². The minimum absolute atomic E-state index is 0.103. The smallest absolute Gasteiger partial charge is 0.306 e. The number of carbonyl (C=O) groups is 3. The fourth-order valence-corrected chi connectivity index (χ4v) is 6.04. The van der Waals surface area contributed by atoms with Crippen LogP contribution in [0.5, 0.6) is 0 Å². The topological polar surface area (TPSA) is 78.9 Å². The second-order valence-electron chi connectivity index (χ2n) is 15.0. The highest BCUT2D eigenvalue weighted by atomic mass is 16.6. The quantitative estimate of drug-likeness (QED) is 0.0203. The van der Waals surface area contributed by atoms with Crippen molar-refractivity contribution in [1.82, 2.24) is 0 Å². The van der Waals surface area contributed by atoms with Crippen LogP contribution in [-0.4, -0.2) is 37.2 Å². The molecule has 0 radical (unpaired) electrons. The van der Waals surface area contributed by atoms with E-state index in [1.54, 1.807) is 0 Å². The number of carbonyl (C=O) groups excluding carboxylic acids is 3. The number of esters is 3. The van der Waals surface area contributed by atoms with Gasteiger partial charge in [0.25, 0.3) is 0 Å². The van der Waals surface area contributed by atoms with Crippen molar-refractivity contribution in [2.45, 2.75) is 213 Å². The lowest BCUT2D eigenvalue weighted by molar-refractivity contribution is -0.167. The van der Waals surface area contributed by atoms with Gasteiger partial charge in [-0.25, -0.2) is 0 Å². The molecule has 0 aromatic carbocycles. The minimum Gasteiger partial charge on any atom is -0.462 e. The Morgan fingerprint density at radius 3 is 1.25 bits per heavy atom. The molecular formula is C50H84O6. The standard InChI is InChI=1S/C50H84O6/c1-4-7-10-13-16-19-21-23-25-27-28-31-34-37-40-43-49(52)55-46-47(45-54-48(51)42-39-36-33-30-18-15-12-9-6-3)56-50(53)44-41-38-35-32-29-26-24-22-20-17-14-11-8-5-2/h7,10,13,16,19,21,23,25-26,29-30,33,47H,4-6,8-9,11-12,14-15,17-18,20,22,24,27-28,31-32,34-46H2,1-3H3/b10-7-,16-13-,21-19-,25-23-,29-26-,33-30-. The van der Waals surface area contributed by atoms with Crippen LogP contribution in [0, 0.1) is 0 Å². The van der Waals surface area contributed by atoms with Gasteiger partial charge in [0.15, 0.2) is 6.10 Å². The lowest BCUT2D eigenvalue weighted by Gasteiger charge is -2.18. The monoisotopic (exact) mass is 781 g/mol. The van der Waals surface area contributed by atoms with Crippen molar-refractivity contribution in [2.75, 3.05) is 13.2 Å². The number of ether oxygens (including phenoxy) is 3. The molecule has 0 saturated heterocycles. The number of allylic oxidation sites excluding steroid dienone is 12. The van der Waals surface area contributed by atoms with Gasteiger partial charge in [0.1, 0.15) is 13.2 Å². The summed E-state index contributed by atoms with van der Waals surface area (Å²) in [7, 11) is 0. The molecule has 0 bridgehead atoms. The molecule has 0 aromatic heterocycles. The Kier molecular flexibility index (Phi) is 42.1. The second kappa shape index (κ2) is 44.6. The highest BCUT2D eigenvalue weighted by molar-refractivity contribution is 5.71. The molecule has 1 atom stereocenters. The van der Waals surface area contributed by atoms with E-state index in [1.807, 2.05) is 24.3 Å². The van der Waals surface area contributed by atoms with Crippen molar-refractivity contribution in [2.24, 2.45) is 0 Å². The van der Waals surface area contributed by atoms with Crippen LogP contribution < -0.4 is 0 Å². The van der Waals surface area contributed by atoms with Crippen LogP contribution in [0.2, 0.25) is 0 Å². The van der Waals surface area contributed by atoms with Crippen molar-refractivity contribution in [3.05, 3.63) is 72.9 Å². The van der Waals surface area contributed by atoms with Gasteiger partial charge in [-0.15, -0.1) is 0 Å². The van der Waals surface area contributed by atoms with Gasteiger partial charge in [-0.1, -0.05) is 177 Å². The van der Waals surface area contributed by atoms with Gasteiger partial charge in [-0.05, 0) is 83.5 Å². The second-order valence-corrected chi connectivity index (χ2v) is 15.0. The molecule has 0 aliphatic carbocycles. The summed E-state index contributed by atoms with van der Waals surface area (Å²) in [5, 5.41) is 0. The van der Waals surface area contributed by atoms with Crippen molar-refractivity contribution in [3.63, 3.8) is 0 Å². The highest BCUT2D eigenvalue weighted by Gasteiger charge is 2.19. The Balaban J connectivity index is 4.45.